The maximum absolute atomic E-state index is 12.6. The summed E-state index contributed by atoms with van der Waals surface area (Å²) in [4.78, 5) is 25.9. The maximum Gasteiger partial charge on any atom is 0.222 e. The van der Waals surface area contributed by atoms with E-state index in [2.05, 4.69) is 19.8 Å². The highest BCUT2D eigenvalue weighted by molar-refractivity contribution is 5.76. The van der Waals surface area contributed by atoms with E-state index in [1.54, 1.807) is 6.20 Å². The van der Waals surface area contributed by atoms with E-state index in [9.17, 15) is 4.79 Å². The third-order valence-corrected chi connectivity index (χ3v) is 6.22. The number of nitrogens with zero attached hydrogens (tertiary/aromatic N) is 4. The van der Waals surface area contributed by atoms with Gasteiger partial charge in [0.15, 0.2) is 0 Å². The van der Waals surface area contributed by atoms with Crippen molar-refractivity contribution in [3.05, 3.63) is 18.1 Å². The number of amides is 1. The van der Waals surface area contributed by atoms with Gasteiger partial charge in [0.1, 0.15) is 5.82 Å². The van der Waals surface area contributed by atoms with Crippen molar-refractivity contribution in [2.75, 3.05) is 31.1 Å². The second-order valence-corrected chi connectivity index (χ2v) is 7.90. The molecule has 2 saturated heterocycles. The molecule has 130 valence electrons. The summed E-state index contributed by atoms with van der Waals surface area (Å²) in [6.07, 6.45) is 10.6. The Hall–Kier alpha value is -1.65. The van der Waals surface area contributed by atoms with Crippen LogP contribution in [0.3, 0.4) is 0 Å². The molecule has 4 rings (SSSR count). The molecule has 1 aromatic rings. The summed E-state index contributed by atoms with van der Waals surface area (Å²) in [6, 6.07) is 0. The van der Waals surface area contributed by atoms with Crippen molar-refractivity contribution >= 4 is 11.7 Å². The van der Waals surface area contributed by atoms with Crippen LogP contribution in [0.2, 0.25) is 0 Å². The second-order valence-electron chi connectivity index (χ2n) is 7.90. The molecule has 5 nitrogen and oxygen atoms in total. The van der Waals surface area contributed by atoms with E-state index in [0.29, 0.717) is 11.8 Å². The van der Waals surface area contributed by atoms with Crippen molar-refractivity contribution in [2.45, 2.75) is 45.4 Å². The predicted molar refractivity (Wildman–Crippen MR) is 93.7 cm³/mol. The van der Waals surface area contributed by atoms with Gasteiger partial charge in [-0.1, -0.05) is 6.42 Å². The topological polar surface area (TPSA) is 49.3 Å². The van der Waals surface area contributed by atoms with Gasteiger partial charge in [0.25, 0.3) is 0 Å². The van der Waals surface area contributed by atoms with Crippen LogP contribution in [0.5, 0.6) is 0 Å². The smallest absolute Gasteiger partial charge is 0.222 e. The van der Waals surface area contributed by atoms with E-state index in [4.69, 9.17) is 0 Å². The van der Waals surface area contributed by atoms with E-state index in [1.165, 1.54) is 19.3 Å². The quantitative estimate of drug-likeness (QED) is 0.856. The number of fused-ring (bicyclic) bond motifs is 1. The van der Waals surface area contributed by atoms with Crippen LogP contribution in [0.15, 0.2) is 12.4 Å². The number of rotatable bonds is 3. The van der Waals surface area contributed by atoms with Crippen molar-refractivity contribution < 1.29 is 4.79 Å². The van der Waals surface area contributed by atoms with Crippen LogP contribution in [-0.2, 0) is 4.79 Å². The lowest BCUT2D eigenvalue weighted by Gasteiger charge is -2.33. The minimum Gasteiger partial charge on any atom is -0.355 e. The molecule has 3 aliphatic rings. The predicted octanol–water partition coefficient (Wildman–Crippen LogP) is 2.65. The Morgan fingerprint density at radius 1 is 1.12 bits per heavy atom. The standard InChI is InChI=1S/C19H28N4O/c1-14-10-20-11-18(21-14)22-7-5-15(6-8-22)9-19(24)23-12-16-3-2-4-17(16)13-23/h10-11,15-17H,2-9,12-13H2,1H3. The van der Waals surface area contributed by atoms with Crippen LogP contribution in [0.25, 0.3) is 0 Å². The number of aryl methyl sites for hydroxylation is 1. The average molecular weight is 328 g/mol. The molecule has 0 spiro atoms. The van der Waals surface area contributed by atoms with E-state index < -0.39 is 0 Å². The lowest BCUT2D eigenvalue weighted by atomic mass is 9.93. The maximum atomic E-state index is 12.6. The van der Waals surface area contributed by atoms with Crippen LogP contribution in [0, 0.1) is 24.7 Å². The van der Waals surface area contributed by atoms with Crippen molar-refractivity contribution in [3.8, 4) is 0 Å². The fraction of sp³-hybridized carbons (Fsp3) is 0.737. The van der Waals surface area contributed by atoms with Gasteiger partial charge >= 0.3 is 0 Å². The highest BCUT2D eigenvalue weighted by atomic mass is 16.2. The van der Waals surface area contributed by atoms with Gasteiger partial charge in [-0.2, -0.15) is 0 Å². The van der Waals surface area contributed by atoms with Gasteiger partial charge in [-0.25, -0.2) is 4.98 Å². The minimum atomic E-state index is 0.401. The Balaban J connectivity index is 1.26. The van der Waals surface area contributed by atoms with Crippen molar-refractivity contribution in [2.24, 2.45) is 17.8 Å². The summed E-state index contributed by atoms with van der Waals surface area (Å²) >= 11 is 0. The molecule has 2 atom stereocenters. The fourth-order valence-corrected chi connectivity index (χ4v) is 4.78. The van der Waals surface area contributed by atoms with E-state index >= 15 is 0 Å². The van der Waals surface area contributed by atoms with Crippen LogP contribution in [-0.4, -0.2) is 47.0 Å². The molecule has 0 radical (unpaired) electrons. The molecule has 2 unspecified atom stereocenters. The Bertz CT molecular complexity index is 585. The van der Waals surface area contributed by atoms with Crippen molar-refractivity contribution in [1.82, 2.24) is 14.9 Å². The molecule has 3 heterocycles. The third-order valence-electron chi connectivity index (χ3n) is 6.22. The van der Waals surface area contributed by atoms with Crippen LogP contribution in [0.4, 0.5) is 5.82 Å². The molecule has 0 aromatic carbocycles. The first kappa shape index (κ1) is 15.9. The lowest BCUT2D eigenvalue weighted by Crippen LogP contribution is -2.37. The summed E-state index contributed by atoms with van der Waals surface area (Å²) in [5.74, 6) is 3.52. The molecule has 3 fully saturated rings. The number of aromatic nitrogens is 2. The average Bonchev–Trinajstić information content (AvgIpc) is 3.17. The Kier molecular flexibility index (Phi) is 4.42. The van der Waals surface area contributed by atoms with Gasteiger partial charge in [0.05, 0.1) is 11.9 Å². The number of anilines is 1. The normalized spacial score (nSPS) is 27.5. The van der Waals surface area contributed by atoms with Gasteiger partial charge in [0.2, 0.25) is 5.91 Å². The summed E-state index contributed by atoms with van der Waals surface area (Å²) < 4.78 is 0. The fourth-order valence-electron chi connectivity index (χ4n) is 4.78. The van der Waals surface area contributed by atoms with Crippen molar-refractivity contribution in [3.63, 3.8) is 0 Å². The first-order valence-corrected chi connectivity index (χ1v) is 9.50. The Labute approximate surface area is 144 Å². The number of piperidine rings is 1. The van der Waals surface area contributed by atoms with Gasteiger partial charge in [-0.15, -0.1) is 0 Å². The summed E-state index contributed by atoms with van der Waals surface area (Å²) in [5, 5.41) is 0. The van der Waals surface area contributed by atoms with Crippen LogP contribution in [0.1, 0.15) is 44.2 Å². The van der Waals surface area contributed by atoms with Crippen LogP contribution < -0.4 is 4.90 Å². The van der Waals surface area contributed by atoms with Crippen LogP contribution >= 0.6 is 0 Å². The summed E-state index contributed by atoms with van der Waals surface area (Å²) in [5.41, 5.74) is 0.962. The SMILES string of the molecule is Cc1cncc(N2CCC(CC(=O)N3CC4CCCC4C3)CC2)n1. The van der Waals surface area contributed by atoms with Gasteiger partial charge in [0, 0.05) is 38.8 Å². The molecule has 1 saturated carbocycles. The molecular weight excluding hydrogens is 300 g/mol. The zero-order chi connectivity index (χ0) is 16.5. The highest BCUT2D eigenvalue weighted by Crippen LogP contribution is 2.38. The second kappa shape index (κ2) is 6.69. The monoisotopic (exact) mass is 328 g/mol. The van der Waals surface area contributed by atoms with Crippen molar-refractivity contribution in [1.29, 1.82) is 0 Å². The van der Waals surface area contributed by atoms with Gasteiger partial charge in [-0.05, 0) is 50.4 Å². The number of carbonyl (C=O) groups is 1. The van der Waals surface area contributed by atoms with Gasteiger partial charge in [-0.3, -0.25) is 9.78 Å². The molecule has 24 heavy (non-hydrogen) atoms. The zero-order valence-corrected chi connectivity index (χ0v) is 14.7. The first-order valence-electron chi connectivity index (χ1n) is 9.50. The summed E-state index contributed by atoms with van der Waals surface area (Å²) in [6.45, 7) is 6.01. The molecule has 1 aliphatic carbocycles. The zero-order valence-electron chi connectivity index (χ0n) is 14.7. The van der Waals surface area contributed by atoms with E-state index in [0.717, 1.165) is 68.8 Å². The number of carbonyl (C=O) groups excluding carboxylic acids is 1. The lowest BCUT2D eigenvalue weighted by molar-refractivity contribution is -0.131. The minimum absolute atomic E-state index is 0.401. The number of hydrogen-bond acceptors (Lipinski definition) is 4. The Morgan fingerprint density at radius 2 is 1.83 bits per heavy atom. The number of hydrogen-bond donors (Lipinski definition) is 0. The third kappa shape index (κ3) is 3.26. The molecule has 5 heteroatoms. The van der Waals surface area contributed by atoms with Gasteiger partial charge < -0.3 is 9.80 Å². The number of likely N-dealkylation sites (tertiary alicyclic amines) is 1. The summed E-state index contributed by atoms with van der Waals surface area (Å²) in [7, 11) is 0. The first-order chi connectivity index (χ1) is 11.7. The molecule has 1 amide bonds. The Morgan fingerprint density at radius 3 is 2.50 bits per heavy atom. The largest absolute Gasteiger partial charge is 0.355 e. The molecule has 1 aromatic heterocycles. The molecular formula is C19H28N4O. The molecule has 2 aliphatic heterocycles. The molecule has 0 bridgehead atoms. The van der Waals surface area contributed by atoms with E-state index in [1.807, 2.05) is 13.1 Å². The molecule has 0 N–H and O–H groups in total. The van der Waals surface area contributed by atoms with E-state index in [-0.39, 0.29) is 0 Å². The highest BCUT2D eigenvalue weighted by Gasteiger charge is 2.38.